The number of ether oxygens (including phenoxy) is 1. The van der Waals surface area contributed by atoms with Crippen molar-refractivity contribution in [1.82, 2.24) is 0 Å². The molecule has 1 aromatic carbocycles. The van der Waals surface area contributed by atoms with E-state index in [1.807, 2.05) is 0 Å². The molecule has 1 fully saturated rings. The maximum atomic E-state index is 13.7. The Morgan fingerprint density at radius 3 is 2.76 bits per heavy atom. The maximum Gasteiger partial charge on any atom is 0.296 e. The Morgan fingerprint density at radius 2 is 2.12 bits per heavy atom. The average Bonchev–Trinajstić information content (AvgIpc) is 2.50. The normalized spacial score (nSPS) is 18.9. The van der Waals surface area contributed by atoms with Gasteiger partial charge in [-0.2, -0.15) is 0 Å². The largest absolute Gasteiger partial charge is 0.379 e. The van der Waals surface area contributed by atoms with Crippen LogP contribution in [0, 0.1) is 5.82 Å². The number of nitrogens with one attached hydrogen (secondary N) is 1. The first-order valence-corrected chi connectivity index (χ1v) is 5.97. The lowest BCUT2D eigenvalue weighted by Gasteiger charge is -2.25. The number of carbonyl (C=O) groups is 2. The van der Waals surface area contributed by atoms with Gasteiger partial charge in [0.2, 0.25) is 0 Å². The number of benzene rings is 1. The van der Waals surface area contributed by atoms with E-state index in [9.17, 15) is 14.0 Å². The number of halogens is 1. The van der Waals surface area contributed by atoms with Crippen molar-refractivity contribution in [2.75, 3.05) is 18.5 Å². The molecule has 1 aromatic rings. The van der Waals surface area contributed by atoms with Gasteiger partial charge in [0.1, 0.15) is 5.82 Å². The molecule has 1 N–H and O–H groups in total. The van der Waals surface area contributed by atoms with Crippen molar-refractivity contribution in [2.24, 2.45) is 0 Å². The van der Waals surface area contributed by atoms with E-state index in [4.69, 9.17) is 4.74 Å². The lowest BCUT2D eigenvalue weighted by atomic mass is 10.1. The molecule has 3 rings (SSSR count). The summed E-state index contributed by atoms with van der Waals surface area (Å²) in [5.74, 6) is -1.85. The molecule has 0 radical (unpaired) electrons. The Kier molecular flexibility index (Phi) is 2.41. The van der Waals surface area contributed by atoms with Crippen LogP contribution in [0.15, 0.2) is 17.0 Å². The van der Waals surface area contributed by atoms with Crippen molar-refractivity contribution in [3.05, 3.63) is 23.5 Å². The van der Waals surface area contributed by atoms with Crippen molar-refractivity contribution in [1.29, 1.82) is 0 Å². The summed E-state index contributed by atoms with van der Waals surface area (Å²) in [6, 6.07) is 2.63. The van der Waals surface area contributed by atoms with Gasteiger partial charge in [-0.05, 0) is 12.1 Å². The van der Waals surface area contributed by atoms with Crippen molar-refractivity contribution in [3.63, 3.8) is 0 Å². The summed E-state index contributed by atoms with van der Waals surface area (Å²) in [4.78, 5) is 22.9. The first-order valence-electron chi connectivity index (χ1n) is 5.09. The van der Waals surface area contributed by atoms with Crippen LogP contribution in [0.1, 0.15) is 10.4 Å². The number of hydrogen-bond donors (Lipinski definition) is 1. The molecule has 0 unspecified atom stereocenters. The van der Waals surface area contributed by atoms with Gasteiger partial charge in [0.05, 0.1) is 29.7 Å². The zero-order valence-corrected chi connectivity index (χ0v) is 9.47. The quantitative estimate of drug-likeness (QED) is 0.810. The second-order valence-electron chi connectivity index (χ2n) is 3.89. The highest BCUT2D eigenvalue weighted by Gasteiger charge is 2.30. The summed E-state index contributed by atoms with van der Waals surface area (Å²) >= 11 is 1.36. The van der Waals surface area contributed by atoms with Crippen molar-refractivity contribution in [2.45, 2.75) is 10.1 Å². The fourth-order valence-corrected chi connectivity index (χ4v) is 2.74. The Bertz CT molecular complexity index is 528. The minimum absolute atomic E-state index is 0.113. The third kappa shape index (κ3) is 1.73. The summed E-state index contributed by atoms with van der Waals surface area (Å²) in [5, 5.41) is 2.67. The van der Waals surface area contributed by atoms with Gasteiger partial charge < -0.3 is 10.1 Å². The number of Topliss-reactive ketones (excluding diaryl/α,β-unsaturated/α-hetero) is 1. The van der Waals surface area contributed by atoms with E-state index in [1.54, 1.807) is 0 Å². The highest BCUT2D eigenvalue weighted by atomic mass is 32.2. The van der Waals surface area contributed by atoms with Gasteiger partial charge in [-0.1, -0.05) is 0 Å². The molecular weight excluding hydrogens is 245 g/mol. The van der Waals surface area contributed by atoms with Crippen LogP contribution in [0.4, 0.5) is 10.1 Å². The number of anilines is 1. The number of rotatable bonds is 2. The smallest absolute Gasteiger partial charge is 0.296 e. The highest BCUT2D eigenvalue weighted by Crippen LogP contribution is 2.35. The summed E-state index contributed by atoms with van der Waals surface area (Å²) in [7, 11) is 0. The fraction of sp³-hybridized carbons (Fsp3) is 0.273. The van der Waals surface area contributed by atoms with Crippen LogP contribution in [0.2, 0.25) is 0 Å². The molecule has 6 heteroatoms. The minimum atomic E-state index is -0.700. The summed E-state index contributed by atoms with van der Waals surface area (Å²) in [5.41, 5.74) is 0.505. The average molecular weight is 253 g/mol. The number of carbonyl (C=O) groups excluding carboxylic acids is 2. The molecule has 0 aliphatic carbocycles. The number of ketones is 1. The van der Waals surface area contributed by atoms with E-state index in [-0.39, 0.29) is 10.8 Å². The molecule has 0 spiro atoms. The molecule has 1 saturated heterocycles. The zero-order chi connectivity index (χ0) is 12.0. The lowest BCUT2D eigenvalue weighted by Crippen LogP contribution is -2.30. The van der Waals surface area contributed by atoms with Gasteiger partial charge >= 0.3 is 0 Å². The highest BCUT2D eigenvalue weighted by molar-refractivity contribution is 8.00. The lowest BCUT2D eigenvalue weighted by molar-refractivity contribution is -0.112. The molecule has 1 amide bonds. The molecule has 0 aromatic heterocycles. The molecule has 17 heavy (non-hydrogen) atoms. The topological polar surface area (TPSA) is 55.4 Å². The van der Waals surface area contributed by atoms with Gasteiger partial charge in [0.15, 0.2) is 0 Å². The second kappa shape index (κ2) is 3.82. The van der Waals surface area contributed by atoms with Gasteiger partial charge in [-0.15, -0.1) is 11.8 Å². The molecule has 0 bridgehead atoms. The molecule has 2 heterocycles. The van der Waals surface area contributed by atoms with E-state index in [0.29, 0.717) is 23.8 Å². The van der Waals surface area contributed by atoms with E-state index in [1.165, 1.54) is 17.8 Å². The number of hydrogen-bond acceptors (Lipinski definition) is 4. The predicted octanol–water partition coefficient (Wildman–Crippen LogP) is 1.45. The van der Waals surface area contributed by atoms with Crippen LogP contribution in [0.5, 0.6) is 0 Å². The Hall–Kier alpha value is -1.40. The SMILES string of the molecule is O=C1Nc2cc(SC3COC3)c(F)cc2C1=O. The third-order valence-electron chi connectivity index (χ3n) is 2.67. The Morgan fingerprint density at radius 1 is 1.35 bits per heavy atom. The van der Waals surface area contributed by atoms with Gasteiger partial charge in [0, 0.05) is 4.90 Å². The van der Waals surface area contributed by atoms with Gasteiger partial charge in [-0.25, -0.2) is 4.39 Å². The number of thioether (sulfide) groups is 1. The molecule has 0 atom stereocenters. The second-order valence-corrected chi connectivity index (χ2v) is 5.23. The summed E-state index contributed by atoms with van der Waals surface area (Å²) in [6.07, 6.45) is 0. The van der Waals surface area contributed by atoms with E-state index in [0.717, 1.165) is 6.07 Å². The summed E-state index contributed by atoms with van der Waals surface area (Å²) < 4.78 is 18.7. The van der Waals surface area contributed by atoms with Crippen LogP contribution < -0.4 is 5.32 Å². The Labute approximate surface area is 101 Å². The standard InChI is InChI=1S/C11H8FNO3S/c12-7-1-6-8(13-11(15)10(6)14)2-9(7)17-5-3-16-4-5/h1-2,5H,3-4H2,(H,13,14,15). The van der Waals surface area contributed by atoms with E-state index >= 15 is 0 Å². The van der Waals surface area contributed by atoms with E-state index < -0.39 is 17.5 Å². The molecule has 4 nitrogen and oxygen atoms in total. The third-order valence-corrected chi connectivity index (χ3v) is 3.84. The van der Waals surface area contributed by atoms with Crippen LogP contribution in [0.3, 0.4) is 0 Å². The Balaban J connectivity index is 1.94. The van der Waals surface area contributed by atoms with Crippen LogP contribution >= 0.6 is 11.8 Å². The van der Waals surface area contributed by atoms with Crippen LogP contribution in [-0.4, -0.2) is 30.2 Å². The first kappa shape index (κ1) is 10.7. The number of fused-ring (bicyclic) bond motifs is 1. The zero-order valence-electron chi connectivity index (χ0n) is 8.66. The molecule has 2 aliphatic heterocycles. The first-order chi connectivity index (χ1) is 8.15. The maximum absolute atomic E-state index is 13.7. The minimum Gasteiger partial charge on any atom is -0.379 e. The molecule has 88 valence electrons. The monoisotopic (exact) mass is 253 g/mol. The van der Waals surface area contributed by atoms with Crippen molar-refractivity contribution in [3.8, 4) is 0 Å². The molecular formula is C11H8FNO3S. The molecule has 2 aliphatic rings. The van der Waals surface area contributed by atoms with Crippen LogP contribution in [-0.2, 0) is 9.53 Å². The van der Waals surface area contributed by atoms with Crippen molar-refractivity contribution < 1.29 is 18.7 Å². The van der Waals surface area contributed by atoms with Crippen molar-refractivity contribution >= 4 is 29.1 Å². The fourth-order valence-electron chi connectivity index (χ4n) is 1.70. The van der Waals surface area contributed by atoms with Gasteiger partial charge in [0.25, 0.3) is 11.7 Å². The number of amides is 1. The molecule has 0 saturated carbocycles. The van der Waals surface area contributed by atoms with Gasteiger partial charge in [-0.3, -0.25) is 9.59 Å². The summed E-state index contributed by atoms with van der Waals surface area (Å²) in [6.45, 7) is 1.21. The van der Waals surface area contributed by atoms with E-state index in [2.05, 4.69) is 5.32 Å². The van der Waals surface area contributed by atoms with Crippen LogP contribution in [0.25, 0.3) is 0 Å². The predicted molar refractivity (Wildman–Crippen MR) is 59.8 cm³/mol.